The first-order valence-electron chi connectivity index (χ1n) is 12.2. The van der Waals surface area contributed by atoms with Crippen LogP contribution in [0.2, 0.25) is 0 Å². The van der Waals surface area contributed by atoms with E-state index in [0.717, 1.165) is 35.8 Å². The van der Waals surface area contributed by atoms with Gasteiger partial charge < -0.3 is 14.8 Å². The Morgan fingerprint density at radius 2 is 1.79 bits per heavy atom. The van der Waals surface area contributed by atoms with E-state index in [2.05, 4.69) is 17.3 Å². The highest BCUT2D eigenvalue weighted by atomic mass is 16.6. The molecule has 1 unspecified atom stereocenters. The quantitative estimate of drug-likeness (QED) is 0.312. The Balaban J connectivity index is 1.87. The number of rotatable bonds is 15. The van der Waals surface area contributed by atoms with Crippen molar-refractivity contribution in [2.75, 3.05) is 18.5 Å². The van der Waals surface area contributed by atoms with Gasteiger partial charge in [-0.25, -0.2) is 9.48 Å². The predicted octanol–water partition coefficient (Wildman–Crippen LogP) is 3.29. The number of benzene rings is 1. The summed E-state index contributed by atoms with van der Waals surface area (Å²) in [5.74, 6) is 0.634. The van der Waals surface area contributed by atoms with Crippen molar-refractivity contribution < 1.29 is 14.3 Å². The Hall–Kier alpha value is -3.10. The number of anilines is 1. The van der Waals surface area contributed by atoms with Crippen LogP contribution in [-0.2, 0) is 29.5 Å². The van der Waals surface area contributed by atoms with Gasteiger partial charge in [-0.05, 0) is 37.5 Å². The van der Waals surface area contributed by atoms with Gasteiger partial charge in [0, 0.05) is 26.6 Å². The number of aryl methyl sites for hydroxylation is 1. The Kier molecular flexibility index (Phi) is 11.4. The number of carbonyl (C=O) groups excluding carboxylic acids is 1. The van der Waals surface area contributed by atoms with Crippen molar-refractivity contribution in [3.05, 3.63) is 50.7 Å². The van der Waals surface area contributed by atoms with Crippen LogP contribution in [-0.4, -0.2) is 39.6 Å². The first kappa shape index (κ1) is 27.1. The maximum absolute atomic E-state index is 12.4. The zero-order valence-electron chi connectivity index (χ0n) is 20.8. The fraction of sp³-hybridized carbons (Fsp3) is 0.600. The number of esters is 1. The highest BCUT2D eigenvalue weighted by molar-refractivity contribution is 5.68. The molecule has 2 rings (SSSR count). The van der Waals surface area contributed by atoms with Crippen molar-refractivity contribution in [2.24, 2.45) is 7.05 Å². The van der Waals surface area contributed by atoms with E-state index in [4.69, 9.17) is 9.47 Å². The van der Waals surface area contributed by atoms with Gasteiger partial charge in [0.25, 0.3) is 5.56 Å². The summed E-state index contributed by atoms with van der Waals surface area (Å²) in [6.07, 6.45) is 6.15. The van der Waals surface area contributed by atoms with Crippen LogP contribution in [0, 0.1) is 0 Å². The molecule has 9 heteroatoms. The summed E-state index contributed by atoms with van der Waals surface area (Å²) in [5.41, 5.74) is 0.250. The molecule has 1 heterocycles. The van der Waals surface area contributed by atoms with Crippen molar-refractivity contribution in [3.63, 3.8) is 0 Å². The molecule has 0 saturated carbocycles. The van der Waals surface area contributed by atoms with Crippen LogP contribution in [0.25, 0.3) is 0 Å². The largest absolute Gasteiger partial charge is 0.487 e. The molecule has 1 atom stereocenters. The molecule has 0 aliphatic carbocycles. The van der Waals surface area contributed by atoms with Gasteiger partial charge in [0.05, 0.1) is 0 Å². The molecule has 34 heavy (non-hydrogen) atoms. The molecule has 0 spiro atoms. The minimum Gasteiger partial charge on any atom is -0.487 e. The molecule has 2 aromatic rings. The van der Waals surface area contributed by atoms with E-state index in [1.54, 1.807) is 6.92 Å². The van der Waals surface area contributed by atoms with Crippen molar-refractivity contribution in [1.29, 1.82) is 0 Å². The molecule has 1 aromatic carbocycles. The monoisotopic (exact) mass is 474 g/mol. The topological polar surface area (TPSA) is 104 Å². The third-order valence-corrected chi connectivity index (χ3v) is 5.44. The minimum absolute atomic E-state index is 0.186. The molecular weight excluding hydrogens is 436 g/mol. The summed E-state index contributed by atoms with van der Waals surface area (Å²) < 4.78 is 13.3. The van der Waals surface area contributed by atoms with Gasteiger partial charge in [-0.2, -0.15) is 0 Å². The van der Waals surface area contributed by atoms with Gasteiger partial charge in [0.15, 0.2) is 0 Å². The zero-order chi connectivity index (χ0) is 24.9. The lowest BCUT2D eigenvalue weighted by Gasteiger charge is -2.15. The van der Waals surface area contributed by atoms with E-state index < -0.39 is 5.56 Å². The van der Waals surface area contributed by atoms with E-state index in [1.165, 1.54) is 18.2 Å². The molecule has 0 radical (unpaired) electrons. The average molecular weight is 475 g/mol. The van der Waals surface area contributed by atoms with Gasteiger partial charge in [-0.1, -0.05) is 51.7 Å². The summed E-state index contributed by atoms with van der Waals surface area (Å²) in [5, 5.41) is 7.34. The van der Waals surface area contributed by atoms with Crippen molar-refractivity contribution >= 4 is 11.8 Å². The summed E-state index contributed by atoms with van der Waals surface area (Å²) in [6.45, 7) is 6.97. The molecule has 0 aliphatic heterocycles. The second kappa shape index (κ2) is 14.2. The molecule has 188 valence electrons. The molecule has 0 amide bonds. The van der Waals surface area contributed by atoms with Crippen LogP contribution in [0.4, 0.5) is 5.82 Å². The fourth-order valence-electron chi connectivity index (χ4n) is 3.39. The normalized spacial score (nSPS) is 11.8. The highest BCUT2D eigenvalue weighted by Crippen LogP contribution is 2.14. The zero-order valence-corrected chi connectivity index (χ0v) is 20.8. The number of nitrogens with zero attached hydrogens (tertiary/aromatic N) is 3. The second-order valence-corrected chi connectivity index (χ2v) is 8.42. The van der Waals surface area contributed by atoms with Crippen LogP contribution in [0.5, 0.6) is 5.75 Å². The summed E-state index contributed by atoms with van der Waals surface area (Å²) in [6, 6.07) is 7.63. The number of unbranched alkanes of at least 4 members (excludes halogenated alkanes) is 4. The van der Waals surface area contributed by atoms with Crippen molar-refractivity contribution in [3.8, 4) is 5.75 Å². The number of aromatic nitrogens is 3. The minimum atomic E-state index is -0.422. The van der Waals surface area contributed by atoms with Crippen molar-refractivity contribution in [1.82, 2.24) is 14.3 Å². The van der Waals surface area contributed by atoms with E-state index >= 15 is 0 Å². The van der Waals surface area contributed by atoms with Gasteiger partial charge in [0.1, 0.15) is 18.5 Å². The molecule has 1 N–H and O–H groups in total. The first-order valence-corrected chi connectivity index (χ1v) is 12.2. The average Bonchev–Trinajstić information content (AvgIpc) is 2.84. The van der Waals surface area contributed by atoms with Crippen LogP contribution < -0.4 is 21.3 Å². The number of hydrogen-bond donors (Lipinski definition) is 1. The molecular formula is C25H38N4O5. The smallest absolute Gasteiger partial charge is 0.347 e. The van der Waals surface area contributed by atoms with E-state index in [0.29, 0.717) is 31.7 Å². The van der Waals surface area contributed by atoms with Crippen LogP contribution >= 0.6 is 0 Å². The molecule has 0 bridgehead atoms. The molecule has 0 saturated heterocycles. The van der Waals surface area contributed by atoms with Crippen LogP contribution in [0.3, 0.4) is 0 Å². The summed E-state index contributed by atoms with van der Waals surface area (Å²) >= 11 is 0. The Morgan fingerprint density at radius 1 is 1.09 bits per heavy atom. The molecule has 1 aromatic heterocycles. The standard InChI is InChI=1S/C25H38N4O5/c1-5-7-8-9-10-17-29-25(32)28(4)24(31)23(27-29)26-16-15-20-11-13-21(14-12-20)34-19(3)18-33-22(30)6-2/h11-14,19H,5-10,15-18H2,1-4H3,(H,26,27). The first-order chi connectivity index (χ1) is 16.3. The summed E-state index contributed by atoms with van der Waals surface area (Å²) in [4.78, 5) is 36.0. The van der Waals surface area contributed by atoms with E-state index in [9.17, 15) is 14.4 Å². The second-order valence-electron chi connectivity index (χ2n) is 8.42. The number of carbonyl (C=O) groups is 1. The van der Waals surface area contributed by atoms with Crippen LogP contribution in [0.1, 0.15) is 64.9 Å². The molecule has 0 fully saturated rings. The Labute approximate surface area is 201 Å². The van der Waals surface area contributed by atoms with Crippen LogP contribution in [0.15, 0.2) is 33.9 Å². The Bertz CT molecular complexity index is 1010. The summed E-state index contributed by atoms with van der Waals surface area (Å²) in [7, 11) is 1.48. The molecule has 0 aliphatic rings. The third-order valence-electron chi connectivity index (χ3n) is 5.44. The predicted molar refractivity (Wildman–Crippen MR) is 132 cm³/mol. The number of nitrogens with one attached hydrogen (secondary N) is 1. The lowest BCUT2D eigenvalue weighted by Crippen LogP contribution is -2.41. The van der Waals surface area contributed by atoms with Gasteiger partial charge in [-0.15, -0.1) is 5.10 Å². The van der Waals surface area contributed by atoms with Gasteiger partial charge >= 0.3 is 11.7 Å². The molecule has 9 nitrogen and oxygen atoms in total. The maximum Gasteiger partial charge on any atom is 0.347 e. The lowest BCUT2D eigenvalue weighted by molar-refractivity contribution is -0.145. The number of ether oxygens (including phenoxy) is 2. The SMILES string of the molecule is CCCCCCCn1nc(NCCc2ccc(OC(C)COC(=O)CC)cc2)c(=O)n(C)c1=O. The van der Waals surface area contributed by atoms with Crippen molar-refractivity contribution in [2.45, 2.75) is 78.4 Å². The third kappa shape index (κ3) is 8.68. The fourth-order valence-corrected chi connectivity index (χ4v) is 3.39. The lowest BCUT2D eigenvalue weighted by atomic mass is 10.1. The van der Waals surface area contributed by atoms with E-state index in [1.807, 2.05) is 31.2 Å². The maximum atomic E-state index is 12.4. The van der Waals surface area contributed by atoms with E-state index in [-0.39, 0.29) is 30.2 Å². The highest BCUT2D eigenvalue weighted by Gasteiger charge is 2.11. The van der Waals surface area contributed by atoms with Gasteiger partial charge in [-0.3, -0.25) is 14.2 Å². The van der Waals surface area contributed by atoms with Gasteiger partial charge in [0.2, 0.25) is 5.82 Å². The number of hydrogen-bond acceptors (Lipinski definition) is 7. The Morgan fingerprint density at radius 3 is 2.47 bits per heavy atom.